The first kappa shape index (κ1) is 25.9. The first-order valence-corrected chi connectivity index (χ1v) is 10.6. The Balaban J connectivity index is 0.00000363. The number of carbonyl (C=O) groups is 1. The van der Waals surface area contributed by atoms with E-state index in [0.717, 1.165) is 44.0 Å². The molecule has 0 spiro atoms. The van der Waals surface area contributed by atoms with E-state index < -0.39 is 5.97 Å². The van der Waals surface area contributed by atoms with Gasteiger partial charge in [0, 0.05) is 39.3 Å². The molecule has 3 rings (SSSR count). The maximum absolute atomic E-state index is 12.0. The second kappa shape index (κ2) is 13.3. The van der Waals surface area contributed by atoms with Gasteiger partial charge in [0.2, 0.25) is 0 Å². The molecule has 0 aromatic heterocycles. The van der Waals surface area contributed by atoms with Crippen LogP contribution in [-0.2, 0) is 17.8 Å². The van der Waals surface area contributed by atoms with Crippen molar-refractivity contribution in [1.82, 2.24) is 15.5 Å². The molecule has 2 aromatic carbocycles. The molecule has 0 aliphatic carbocycles. The predicted molar refractivity (Wildman–Crippen MR) is 138 cm³/mol. The molecule has 0 bridgehead atoms. The van der Waals surface area contributed by atoms with Crippen LogP contribution in [0.4, 0.5) is 0 Å². The van der Waals surface area contributed by atoms with Gasteiger partial charge in [0.15, 0.2) is 5.96 Å². The highest BCUT2D eigenvalue weighted by atomic mass is 127. The predicted octanol–water partition coefficient (Wildman–Crippen LogP) is 3.43. The number of halogens is 1. The Morgan fingerprint density at radius 2 is 1.81 bits per heavy atom. The number of aliphatic imine (C=N–C) groups is 1. The molecule has 8 heteroatoms. The summed E-state index contributed by atoms with van der Waals surface area (Å²) in [7, 11) is 4.67. The molecule has 0 atom stereocenters. The van der Waals surface area contributed by atoms with Crippen molar-refractivity contribution in [2.24, 2.45) is 4.99 Å². The molecule has 2 N–H and O–H groups in total. The fraction of sp³-hybridized carbons (Fsp3) is 0.417. The van der Waals surface area contributed by atoms with Gasteiger partial charge in [0.1, 0.15) is 11.3 Å². The van der Waals surface area contributed by atoms with Crippen molar-refractivity contribution in [3.05, 3.63) is 65.2 Å². The van der Waals surface area contributed by atoms with E-state index in [1.807, 2.05) is 6.07 Å². The van der Waals surface area contributed by atoms with Crippen molar-refractivity contribution in [2.45, 2.75) is 32.0 Å². The van der Waals surface area contributed by atoms with Gasteiger partial charge in [0.25, 0.3) is 0 Å². The van der Waals surface area contributed by atoms with Gasteiger partial charge in [-0.25, -0.2) is 4.79 Å². The topological polar surface area (TPSA) is 75.2 Å². The number of nitrogens with one attached hydrogen (secondary N) is 2. The Morgan fingerprint density at radius 3 is 2.44 bits per heavy atom. The quantitative estimate of drug-likeness (QED) is 0.238. The number of rotatable bonds is 7. The van der Waals surface area contributed by atoms with E-state index in [4.69, 9.17) is 9.47 Å². The fourth-order valence-corrected chi connectivity index (χ4v) is 3.79. The third-order valence-corrected chi connectivity index (χ3v) is 5.53. The molecule has 1 heterocycles. The lowest BCUT2D eigenvalue weighted by atomic mass is 10.0. The maximum Gasteiger partial charge on any atom is 0.341 e. The zero-order valence-electron chi connectivity index (χ0n) is 19.0. The number of hydrogen-bond donors (Lipinski definition) is 2. The lowest BCUT2D eigenvalue weighted by molar-refractivity contribution is 0.0597. The van der Waals surface area contributed by atoms with E-state index in [0.29, 0.717) is 23.9 Å². The van der Waals surface area contributed by atoms with Crippen LogP contribution in [0.5, 0.6) is 5.75 Å². The third kappa shape index (κ3) is 7.37. The normalized spacial score (nSPS) is 14.9. The summed E-state index contributed by atoms with van der Waals surface area (Å²) < 4.78 is 10.1. The maximum atomic E-state index is 12.0. The van der Waals surface area contributed by atoms with E-state index in [1.165, 1.54) is 19.8 Å². The molecule has 32 heavy (non-hydrogen) atoms. The van der Waals surface area contributed by atoms with Crippen LogP contribution in [0, 0.1) is 0 Å². The van der Waals surface area contributed by atoms with Gasteiger partial charge in [0.05, 0.1) is 14.2 Å². The highest BCUT2D eigenvalue weighted by molar-refractivity contribution is 14.0. The van der Waals surface area contributed by atoms with Crippen LogP contribution in [0.1, 0.15) is 34.3 Å². The summed E-state index contributed by atoms with van der Waals surface area (Å²) in [5, 5.41) is 6.87. The van der Waals surface area contributed by atoms with Crippen LogP contribution >= 0.6 is 24.0 Å². The first-order valence-electron chi connectivity index (χ1n) is 10.6. The summed E-state index contributed by atoms with van der Waals surface area (Å²) in [5.41, 5.74) is 2.72. The number of carbonyl (C=O) groups excluding carboxylic acids is 1. The van der Waals surface area contributed by atoms with Crippen LogP contribution in [0.3, 0.4) is 0 Å². The van der Waals surface area contributed by atoms with Crippen LogP contribution < -0.4 is 15.4 Å². The van der Waals surface area contributed by atoms with Gasteiger partial charge in [-0.05, 0) is 36.1 Å². The number of likely N-dealkylation sites (tertiary alicyclic amines) is 1. The van der Waals surface area contributed by atoms with Crippen molar-refractivity contribution in [3.8, 4) is 5.75 Å². The lowest BCUT2D eigenvalue weighted by Gasteiger charge is -2.33. The number of piperidine rings is 1. The smallest absolute Gasteiger partial charge is 0.341 e. The Labute approximate surface area is 207 Å². The van der Waals surface area contributed by atoms with Crippen LogP contribution in [0.25, 0.3) is 0 Å². The van der Waals surface area contributed by atoms with E-state index in [1.54, 1.807) is 19.2 Å². The Bertz CT molecular complexity index is 884. The zero-order chi connectivity index (χ0) is 22.1. The zero-order valence-corrected chi connectivity index (χ0v) is 21.3. The van der Waals surface area contributed by atoms with Crippen molar-refractivity contribution in [3.63, 3.8) is 0 Å². The summed E-state index contributed by atoms with van der Waals surface area (Å²) in [6.45, 7) is 3.66. The van der Waals surface area contributed by atoms with Gasteiger partial charge >= 0.3 is 5.97 Å². The minimum Gasteiger partial charge on any atom is -0.496 e. The van der Waals surface area contributed by atoms with E-state index in [2.05, 4.69) is 50.9 Å². The third-order valence-electron chi connectivity index (χ3n) is 5.53. The van der Waals surface area contributed by atoms with Crippen molar-refractivity contribution in [1.29, 1.82) is 0 Å². The Hall–Kier alpha value is -2.33. The number of nitrogens with zero attached hydrogens (tertiary/aromatic N) is 2. The first-order chi connectivity index (χ1) is 15.1. The van der Waals surface area contributed by atoms with Crippen LogP contribution in [0.2, 0.25) is 0 Å². The summed E-state index contributed by atoms with van der Waals surface area (Å²) in [4.78, 5) is 18.8. The molecule has 7 nitrogen and oxygen atoms in total. The number of guanidine groups is 1. The molecule has 1 fully saturated rings. The average molecular weight is 552 g/mol. The molecule has 0 saturated carbocycles. The van der Waals surface area contributed by atoms with Crippen molar-refractivity contribution in [2.75, 3.05) is 34.4 Å². The molecule has 0 unspecified atom stereocenters. The highest BCUT2D eigenvalue weighted by Gasteiger charge is 2.20. The van der Waals surface area contributed by atoms with Gasteiger partial charge in [-0.15, -0.1) is 24.0 Å². The highest BCUT2D eigenvalue weighted by Crippen LogP contribution is 2.21. The number of methoxy groups -OCH3 is 2. The molecular formula is C24H33IN4O3. The summed E-state index contributed by atoms with van der Waals surface area (Å²) in [6.07, 6.45) is 2.14. The molecule has 174 valence electrons. The molecule has 0 amide bonds. The second-order valence-electron chi connectivity index (χ2n) is 7.63. The Morgan fingerprint density at radius 1 is 1.09 bits per heavy atom. The van der Waals surface area contributed by atoms with Gasteiger partial charge in [-0.2, -0.15) is 0 Å². The minimum absolute atomic E-state index is 0. The number of esters is 1. The Kier molecular flexibility index (Phi) is 10.8. The van der Waals surface area contributed by atoms with E-state index in [9.17, 15) is 4.79 Å². The van der Waals surface area contributed by atoms with E-state index in [-0.39, 0.29) is 24.0 Å². The van der Waals surface area contributed by atoms with Crippen molar-refractivity contribution < 1.29 is 14.3 Å². The van der Waals surface area contributed by atoms with Crippen molar-refractivity contribution >= 4 is 35.9 Å². The SMILES string of the molecule is CN=C(NCc1ccc(OC)c(C(=O)OC)c1)NC1CCN(Cc2ccccc2)CC1.I. The monoisotopic (exact) mass is 552 g/mol. The number of hydrogen-bond acceptors (Lipinski definition) is 5. The molecule has 1 saturated heterocycles. The molecule has 2 aromatic rings. The average Bonchev–Trinajstić information content (AvgIpc) is 2.82. The molecular weight excluding hydrogens is 519 g/mol. The van der Waals surface area contributed by atoms with Gasteiger partial charge in [-0.3, -0.25) is 9.89 Å². The summed E-state index contributed by atoms with van der Waals surface area (Å²) in [5.74, 6) is 0.848. The van der Waals surface area contributed by atoms with Gasteiger partial charge in [-0.1, -0.05) is 36.4 Å². The second-order valence-corrected chi connectivity index (χ2v) is 7.63. The van der Waals surface area contributed by atoms with E-state index >= 15 is 0 Å². The lowest BCUT2D eigenvalue weighted by Crippen LogP contribution is -2.48. The van der Waals surface area contributed by atoms with Crippen LogP contribution in [0.15, 0.2) is 53.5 Å². The molecule has 1 aliphatic heterocycles. The van der Waals surface area contributed by atoms with Crippen LogP contribution in [-0.4, -0.2) is 57.2 Å². The number of ether oxygens (including phenoxy) is 2. The number of benzene rings is 2. The largest absolute Gasteiger partial charge is 0.496 e. The standard InChI is InChI=1S/C24H32N4O3.HI/c1-25-24(26-16-19-9-10-22(30-2)21(15-19)23(29)31-3)27-20-11-13-28(14-12-20)17-18-7-5-4-6-8-18;/h4-10,15,20H,11-14,16-17H2,1-3H3,(H2,25,26,27);1H. The summed E-state index contributed by atoms with van der Waals surface area (Å²) in [6, 6.07) is 16.5. The fourth-order valence-electron chi connectivity index (χ4n) is 3.79. The molecule has 0 radical (unpaired) electrons. The minimum atomic E-state index is -0.413. The summed E-state index contributed by atoms with van der Waals surface area (Å²) >= 11 is 0. The molecule has 1 aliphatic rings. The van der Waals surface area contributed by atoms with Gasteiger partial charge < -0.3 is 20.1 Å².